The van der Waals surface area contributed by atoms with Gasteiger partial charge in [-0.1, -0.05) is 19.8 Å². The number of rotatable bonds is 5. The molecule has 100 valence electrons. The molecule has 1 aliphatic carbocycles. The Morgan fingerprint density at radius 1 is 1.50 bits per heavy atom. The lowest BCUT2D eigenvalue weighted by molar-refractivity contribution is -0.115. The first-order valence-electron chi connectivity index (χ1n) is 6.74. The molecule has 1 aromatic heterocycles. The number of nitrogens with one attached hydrogen (secondary N) is 2. The second-order valence-electron chi connectivity index (χ2n) is 4.93. The van der Waals surface area contributed by atoms with Crippen molar-refractivity contribution < 1.29 is 4.79 Å². The van der Waals surface area contributed by atoms with E-state index in [0.717, 1.165) is 17.8 Å². The van der Waals surface area contributed by atoms with E-state index in [-0.39, 0.29) is 5.91 Å². The molecule has 0 spiro atoms. The number of hydrogen-bond acceptors (Lipinski definition) is 3. The van der Waals surface area contributed by atoms with Gasteiger partial charge in [0.25, 0.3) is 0 Å². The average Bonchev–Trinajstić information content (AvgIpc) is 2.96. The predicted octanol–water partition coefficient (Wildman–Crippen LogP) is 1.45. The minimum atomic E-state index is 0.0181. The molecule has 1 heterocycles. The largest absolute Gasteiger partial charge is 0.322 e. The molecule has 5 heteroatoms. The van der Waals surface area contributed by atoms with Gasteiger partial charge in [-0.3, -0.25) is 9.48 Å². The second kappa shape index (κ2) is 6.00. The third-order valence-corrected chi connectivity index (χ3v) is 3.42. The molecule has 18 heavy (non-hydrogen) atoms. The standard InChI is InChI=1S/C13H22N4O/c1-3-11-12(9-17(2)16-11)15-13(18)8-14-10-6-4-5-7-10/h9-10,14H,3-8H2,1-2H3,(H,15,18). The smallest absolute Gasteiger partial charge is 0.238 e. The summed E-state index contributed by atoms with van der Waals surface area (Å²) in [7, 11) is 1.87. The van der Waals surface area contributed by atoms with Crippen LogP contribution in [-0.4, -0.2) is 28.3 Å². The fourth-order valence-electron chi connectivity index (χ4n) is 2.46. The van der Waals surface area contributed by atoms with E-state index in [1.54, 1.807) is 4.68 Å². The molecule has 1 amide bonds. The number of aryl methyl sites for hydroxylation is 2. The molecule has 1 aliphatic rings. The Morgan fingerprint density at radius 2 is 2.22 bits per heavy atom. The Morgan fingerprint density at radius 3 is 2.89 bits per heavy atom. The van der Waals surface area contributed by atoms with Crippen LogP contribution in [0.3, 0.4) is 0 Å². The van der Waals surface area contributed by atoms with E-state index in [1.165, 1.54) is 25.7 Å². The fraction of sp³-hybridized carbons (Fsp3) is 0.692. The lowest BCUT2D eigenvalue weighted by atomic mass is 10.2. The zero-order valence-corrected chi connectivity index (χ0v) is 11.2. The molecule has 0 aliphatic heterocycles. The highest BCUT2D eigenvalue weighted by Crippen LogP contribution is 2.17. The van der Waals surface area contributed by atoms with Crippen LogP contribution in [0.5, 0.6) is 0 Å². The van der Waals surface area contributed by atoms with Gasteiger partial charge in [0, 0.05) is 19.3 Å². The Balaban J connectivity index is 1.82. The third-order valence-electron chi connectivity index (χ3n) is 3.42. The molecule has 2 N–H and O–H groups in total. The molecule has 1 saturated carbocycles. The maximum absolute atomic E-state index is 11.8. The number of carbonyl (C=O) groups is 1. The zero-order valence-electron chi connectivity index (χ0n) is 11.2. The number of nitrogens with zero attached hydrogens (tertiary/aromatic N) is 2. The van der Waals surface area contributed by atoms with Gasteiger partial charge in [-0.05, 0) is 19.3 Å². The van der Waals surface area contributed by atoms with Gasteiger partial charge in [0.15, 0.2) is 0 Å². The highest BCUT2D eigenvalue weighted by Gasteiger charge is 2.16. The van der Waals surface area contributed by atoms with Gasteiger partial charge in [-0.15, -0.1) is 0 Å². The van der Waals surface area contributed by atoms with E-state index < -0.39 is 0 Å². The van der Waals surface area contributed by atoms with Crippen molar-refractivity contribution in [2.24, 2.45) is 7.05 Å². The van der Waals surface area contributed by atoms with Crippen molar-refractivity contribution in [1.82, 2.24) is 15.1 Å². The first kappa shape index (κ1) is 13.1. The van der Waals surface area contributed by atoms with Crippen molar-refractivity contribution in [2.45, 2.75) is 45.1 Å². The van der Waals surface area contributed by atoms with E-state index in [2.05, 4.69) is 15.7 Å². The SMILES string of the molecule is CCc1nn(C)cc1NC(=O)CNC1CCCC1. The molecule has 0 radical (unpaired) electrons. The van der Waals surface area contributed by atoms with Gasteiger partial charge >= 0.3 is 0 Å². The summed E-state index contributed by atoms with van der Waals surface area (Å²) in [6, 6.07) is 0.523. The van der Waals surface area contributed by atoms with Crippen LogP contribution in [0.25, 0.3) is 0 Å². The van der Waals surface area contributed by atoms with Crippen LogP contribution in [0.2, 0.25) is 0 Å². The number of aromatic nitrogens is 2. The number of amides is 1. The van der Waals surface area contributed by atoms with Crippen LogP contribution in [0.15, 0.2) is 6.20 Å². The van der Waals surface area contributed by atoms with Crippen molar-refractivity contribution in [1.29, 1.82) is 0 Å². The molecule has 0 atom stereocenters. The Hall–Kier alpha value is -1.36. The second-order valence-corrected chi connectivity index (χ2v) is 4.93. The van der Waals surface area contributed by atoms with Crippen LogP contribution in [0.1, 0.15) is 38.3 Å². The van der Waals surface area contributed by atoms with Crippen LogP contribution in [-0.2, 0) is 18.3 Å². The topological polar surface area (TPSA) is 59.0 Å². The first-order valence-corrected chi connectivity index (χ1v) is 6.74. The average molecular weight is 250 g/mol. The molecule has 0 unspecified atom stereocenters. The van der Waals surface area contributed by atoms with Crippen LogP contribution < -0.4 is 10.6 Å². The lowest BCUT2D eigenvalue weighted by Crippen LogP contribution is -2.34. The molecular weight excluding hydrogens is 228 g/mol. The van der Waals surface area contributed by atoms with Gasteiger partial charge in [0.05, 0.1) is 17.9 Å². The minimum absolute atomic E-state index is 0.0181. The number of hydrogen-bond donors (Lipinski definition) is 2. The van der Waals surface area contributed by atoms with Crippen LogP contribution >= 0.6 is 0 Å². The van der Waals surface area contributed by atoms with Crippen molar-refractivity contribution in [3.63, 3.8) is 0 Å². The maximum atomic E-state index is 11.8. The molecule has 1 fully saturated rings. The van der Waals surface area contributed by atoms with E-state index in [4.69, 9.17) is 0 Å². The van der Waals surface area contributed by atoms with Crippen molar-refractivity contribution >= 4 is 11.6 Å². The molecule has 0 bridgehead atoms. The van der Waals surface area contributed by atoms with E-state index in [1.807, 2.05) is 20.2 Å². The van der Waals surface area contributed by atoms with Gasteiger partial charge < -0.3 is 10.6 Å². The number of anilines is 1. The first-order chi connectivity index (χ1) is 8.69. The van der Waals surface area contributed by atoms with Gasteiger partial charge in [0.2, 0.25) is 5.91 Å². The Kier molecular flexibility index (Phi) is 4.36. The number of carbonyl (C=O) groups excluding carboxylic acids is 1. The van der Waals surface area contributed by atoms with Crippen molar-refractivity contribution in [2.75, 3.05) is 11.9 Å². The summed E-state index contributed by atoms with van der Waals surface area (Å²) >= 11 is 0. The summed E-state index contributed by atoms with van der Waals surface area (Å²) < 4.78 is 1.73. The molecular formula is C13H22N4O. The minimum Gasteiger partial charge on any atom is -0.322 e. The van der Waals surface area contributed by atoms with Crippen molar-refractivity contribution in [3.05, 3.63) is 11.9 Å². The summed E-state index contributed by atoms with van der Waals surface area (Å²) in [5.74, 6) is 0.0181. The summed E-state index contributed by atoms with van der Waals surface area (Å²) in [5.41, 5.74) is 1.77. The fourth-order valence-corrected chi connectivity index (χ4v) is 2.46. The lowest BCUT2D eigenvalue weighted by Gasteiger charge is -2.11. The summed E-state index contributed by atoms with van der Waals surface area (Å²) in [5, 5.41) is 10.5. The van der Waals surface area contributed by atoms with Gasteiger partial charge in [0.1, 0.15) is 0 Å². The predicted molar refractivity (Wildman–Crippen MR) is 71.5 cm³/mol. The van der Waals surface area contributed by atoms with Crippen LogP contribution in [0, 0.1) is 0 Å². The molecule has 0 saturated heterocycles. The highest BCUT2D eigenvalue weighted by molar-refractivity contribution is 5.92. The Bertz CT molecular complexity index is 407. The van der Waals surface area contributed by atoms with Gasteiger partial charge in [-0.25, -0.2) is 0 Å². The summed E-state index contributed by atoms with van der Waals surface area (Å²) in [4.78, 5) is 11.8. The summed E-state index contributed by atoms with van der Waals surface area (Å²) in [6.45, 7) is 2.43. The van der Waals surface area contributed by atoms with E-state index in [9.17, 15) is 4.79 Å². The third kappa shape index (κ3) is 3.32. The highest BCUT2D eigenvalue weighted by atomic mass is 16.1. The normalized spacial score (nSPS) is 16.1. The van der Waals surface area contributed by atoms with Crippen LogP contribution in [0.4, 0.5) is 5.69 Å². The van der Waals surface area contributed by atoms with Crippen molar-refractivity contribution in [3.8, 4) is 0 Å². The molecule has 5 nitrogen and oxygen atoms in total. The van der Waals surface area contributed by atoms with E-state index >= 15 is 0 Å². The molecule has 1 aromatic rings. The Labute approximate surface area is 108 Å². The van der Waals surface area contributed by atoms with Gasteiger partial charge in [-0.2, -0.15) is 5.10 Å². The molecule has 2 rings (SSSR count). The maximum Gasteiger partial charge on any atom is 0.238 e. The molecule has 0 aromatic carbocycles. The monoisotopic (exact) mass is 250 g/mol. The summed E-state index contributed by atoms with van der Waals surface area (Å²) in [6.07, 6.45) is 7.63. The van der Waals surface area contributed by atoms with E-state index in [0.29, 0.717) is 12.6 Å². The zero-order chi connectivity index (χ0) is 13.0. The quantitative estimate of drug-likeness (QED) is 0.831.